The van der Waals surface area contributed by atoms with Gasteiger partial charge in [-0.05, 0) is 68.6 Å². The lowest BCUT2D eigenvalue weighted by molar-refractivity contribution is -0.128. The fourth-order valence-corrected chi connectivity index (χ4v) is 5.75. The Kier molecular flexibility index (Phi) is 4.21. The zero-order valence-electron chi connectivity index (χ0n) is 14.6. The lowest BCUT2D eigenvalue weighted by Gasteiger charge is -2.59. The average molecular weight is 343 g/mol. The zero-order chi connectivity index (χ0) is 17.4. The Bertz CT molecular complexity index is 626. The first kappa shape index (κ1) is 16.5. The van der Waals surface area contributed by atoms with Crippen LogP contribution in [-0.4, -0.2) is 34.5 Å². The summed E-state index contributed by atoms with van der Waals surface area (Å²) in [7, 11) is 0. The van der Waals surface area contributed by atoms with Gasteiger partial charge in [0, 0.05) is 18.4 Å². The van der Waals surface area contributed by atoms with Gasteiger partial charge in [-0.1, -0.05) is 0 Å². The maximum absolute atomic E-state index is 12.3. The molecule has 25 heavy (non-hydrogen) atoms. The maximum atomic E-state index is 12.3. The summed E-state index contributed by atoms with van der Waals surface area (Å²) in [4.78, 5) is 31.8. The number of hydrogen-bond donors (Lipinski definition) is 1. The largest absolute Gasteiger partial charge is 0.451 e. The van der Waals surface area contributed by atoms with Crippen molar-refractivity contribution in [2.75, 3.05) is 6.61 Å². The third kappa shape index (κ3) is 3.26. The van der Waals surface area contributed by atoms with Gasteiger partial charge in [0.2, 0.25) is 0 Å². The molecule has 0 spiro atoms. The van der Waals surface area contributed by atoms with Crippen molar-refractivity contribution in [2.45, 2.75) is 51.5 Å². The minimum atomic E-state index is -0.620. The molecule has 4 bridgehead atoms. The molecule has 1 aromatic heterocycles. The van der Waals surface area contributed by atoms with Crippen molar-refractivity contribution in [1.29, 1.82) is 0 Å². The molecule has 1 heterocycles. The third-order valence-electron chi connectivity index (χ3n) is 6.49. The molecule has 6 nitrogen and oxygen atoms in total. The molecule has 6 heteroatoms. The molecule has 0 radical (unpaired) electrons. The monoisotopic (exact) mass is 343 g/mol. The smallest absolute Gasteiger partial charge is 0.359 e. The van der Waals surface area contributed by atoms with Crippen LogP contribution in [0.5, 0.6) is 0 Å². The molecular formula is C19H25N3O3. The summed E-state index contributed by atoms with van der Waals surface area (Å²) in [6, 6.07) is 0.128. The minimum Gasteiger partial charge on any atom is -0.451 e. The third-order valence-corrected chi connectivity index (χ3v) is 6.49. The van der Waals surface area contributed by atoms with E-state index in [1.165, 1.54) is 57.1 Å². The Hall–Kier alpha value is -1.98. The Morgan fingerprint density at radius 3 is 2.40 bits per heavy atom. The molecule has 1 atom stereocenters. The van der Waals surface area contributed by atoms with E-state index in [4.69, 9.17) is 4.74 Å². The van der Waals surface area contributed by atoms with Gasteiger partial charge in [-0.25, -0.2) is 9.78 Å². The number of ether oxygens (including phenoxy) is 1. The van der Waals surface area contributed by atoms with Crippen molar-refractivity contribution in [3.05, 3.63) is 24.3 Å². The predicted molar refractivity (Wildman–Crippen MR) is 90.5 cm³/mol. The van der Waals surface area contributed by atoms with Gasteiger partial charge in [-0.15, -0.1) is 0 Å². The highest BCUT2D eigenvalue weighted by Gasteiger charge is 2.53. The van der Waals surface area contributed by atoms with E-state index in [0.717, 1.165) is 17.8 Å². The molecule has 4 saturated carbocycles. The standard InChI is InChI=1S/C19H25N3O3/c1-12(19-7-13-4-14(8-19)6-15(5-13)9-19)22-17(23)11-25-18(24)16-10-20-2-3-21-16/h2-3,10,12-15H,4-9,11H2,1H3,(H,22,23)/t12-,13?,14?,15?,19?/m1/s1. The second-order valence-corrected chi connectivity index (χ2v) is 8.24. The first-order valence-electron chi connectivity index (χ1n) is 9.26. The predicted octanol–water partition coefficient (Wildman–Crippen LogP) is 2.35. The molecule has 134 valence electrons. The fourth-order valence-electron chi connectivity index (χ4n) is 5.75. The molecule has 4 aliphatic carbocycles. The Labute approximate surface area is 147 Å². The molecule has 0 aromatic carbocycles. The Morgan fingerprint density at radius 2 is 1.84 bits per heavy atom. The fraction of sp³-hybridized carbons (Fsp3) is 0.684. The van der Waals surface area contributed by atoms with E-state index in [0.29, 0.717) is 0 Å². The van der Waals surface area contributed by atoms with Gasteiger partial charge in [-0.2, -0.15) is 0 Å². The summed E-state index contributed by atoms with van der Waals surface area (Å²) < 4.78 is 5.06. The summed E-state index contributed by atoms with van der Waals surface area (Å²) in [5, 5.41) is 3.09. The minimum absolute atomic E-state index is 0.115. The van der Waals surface area contributed by atoms with E-state index in [-0.39, 0.29) is 29.7 Å². The second-order valence-electron chi connectivity index (χ2n) is 8.24. The summed E-state index contributed by atoms with van der Waals surface area (Å²) >= 11 is 0. The van der Waals surface area contributed by atoms with E-state index >= 15 is 0 Å². The van der Waals surface area contributed by atoms with Crippen LogP contribution in [0.15, 0.2) is 18.6 Å². The van der Waals surface area contributed by atoms with Crippen LogP contribution in [0, 0.1) is 23.2 Å². The SMILES string of the molecule is C[C@@H](NC(=O)COC(=O)c1cnccn1)C12CC3CC(CC(C3)C1)C2. The number of aromatic nitrogens is 2. The molecule has 4 fully saturated rings. The lowest BCUT2D eigenvalue weighted by atomic mass is 9.48. The van der Waals surface area contributed by atoms with Crippen molar-refractivity contribution in [1.82, 2.24) is 15.3 Å². The van der Waals surface area contributed by atoms with Gasteiger partial charge < -0.3 is 10.1 Å². The topological polar surface area (TPSA) is 81.2 Å². The number of nitrogens with zero attached hydrogens (tertiary/aromatic N) is 2. The van der Waals surface area contributed by atoms with Crippen LogP contribution in [-0.2, 0) is 9.53 Å². The molecular weight excluding hydrogens is 318 g/mol. The van der Waals surface area contributed by atoms with Crippen LogP contribution < -0.4 is 5.32 Å². The first-order chi connectivity index (χ1) is 12.0. The number of esters is 1. The van der Waals surface area contributed by atoms with Crippen molar-refractivity contribution >= 4 is 11.9 Å². The van der Waals surface area contributed by atoms with Gasteiger partial charge in [0.15, 0.2) is 12.3 Å². The number of carbonyl (C=O) groups is 2. The first-order valence-corrected chi connectivity index (χ1v) is 9.26. The maximum Gasteiger partial charge on any atom is 0.359 e. The van der Waals surface area contributed by atoms with E-state index in [9.17, 15) is 9.59 Å². The summed E-state index contributed by atoms with van der Waals surface area (Å²) in [6.07, 6.45) is 12.1. The summed E-state index contributed by atoms with van der Waals surface area (Å²) in [6.45, 7) is 1.85. The number of hydrogen-bond acceptors (Lipinski definition) is 5. The lowest BCUT2D eigenvalue weighted by Crippen LogP contribution is -2.56. The number of carbonyl (C=O) groups excluding carboxylic acids is 2. The second kappa shape index (κ2) is 6.39. The van der Waals surface area contributed by atoms with Crippen molar-refractivity contribution < 1.29 is 14.3 Å². The molecule has 1 amide bonds. The summed E-state index contributed by atoms with van der Waals surface area (Å²) in [5.41, 5.74) is 0.365. The van der Waals surface area contributed by atoms with Gasteiger partial charge in [0.1, 0.15) is 0 Å². The summed E-state index contributed by atoms with van der Waals surface area (Å²) in [5.74, 6) is 1.69. The molecule has 0 saturated heterocycles. The van der Waals surface area contributed by atoms with Crippen LogP contribution in [0.2, 0.25) is 0 Å². The molecule has 1 N–H and O–H groups in total. The highest BCUT2D eigenvalue weighted by atomic mass is 16.5. The molecule has 0 unspecified atom stereocenters. The number of amides is 1. The average Bonchev–Trinajstić information content (AvgIpc) is 2.59. The Balaban J connectivity index is 1.31. The number of rotatable bonds is 5. The number of nitrogens with one attached hydrogen (secondary N) is 1. The van der Waals surface area contributed by atoms with Crippen molar-refractivity contribution in [3.8, 4) is 0 Å². The quantitative estimate of drug-likeness (QED) is 0.830. The van der Waals surface area contributed by atoms with Crippen LogP contribution in [0.3, 0.4) is 0 Å². The van der Waals surface area contributed by atoms with Gasteiger partial charge in [0.05, 0.1) is 6.20 Å². The molecule has 4 aliphatic rings. The zero-order valence-corrected chi connectivity index (χ0v) is 14.6. The van der Waals surface area contributed by atoms with Crippen LogP contribution in [0.4, 0.5) is 0 Å². The van der Waals surface area contributed by atoms with E-state index in [1.54, 1.807) is 0 Å². The van der Waals surface area contributed by atoms with Crippen molar-refractivity contribution in [3.63, 3.8) is 0 Å². The normalized spacial score (nSPS) is 33.7. The Morgan fingerprint density at radius 1 is 1.20 bits per heavy atom. The van der Waals surface area contributed by atoms with Gasteiger partial charge >= 0.3 is 5.97 Å². The van der Waals surface area contributed by atoms with Gasteiger partial charge in [-0.3, -0.25) is 9.78 Å². The van der Waals surface area contributed by atoms with E-state index in [1.807, 2.05) is 0 Å². The van der Waals surface area contributed by atoms with Crippen LogP contribution in [0.1, 0.15) is 55.9 Å². The van der Waals surface area contributed by atoms with Crippen molar-refractivity contribution in [2.24, 2.45) is 23.2 Å². The van der Waals surface area contributed by atoms with E-state index < -0.39 is 5.97 Å². The highest BCUT2D eigenvalue weighted by Crippen LogP contribution is 2.61. The van der Waals surface area contributed by atoms with Gasteiger partial charge in [0.25, 0.3) is 5.91 Å². The molecule has 0 aliphatic heterocycles. The molecule has 5 rings (SSSR count). The van der Waals surface area contributed by atoms with Crippen LogP contribution in [0.25, 0.3) is 0 Å². The van der Waals surface area contributed by atoms with Crippen LogP contribution >= 0.6 is 0 Å². The van der Waals surface area contributed by atoms with E-state index in [2.05, 4.69) is 22.2 Å². The molecule has 1 aromatic rings. The highest BCUT2D eigenvalue weighted by molar-refractivity contribution is 5.89.